The van der Waals surface area contributed by atoms with Gasteiger partial charge in [-0.1, -0.05) is 0 Å². The lowest BCUT2D eigenvalue weighted by Gasteiger charge is -2.64. The van der Waals surface area contributed by atoms with Gasteiger partial charge >= 0.3 is 5.97 Å². The number of aliphatic hydroxyl groups is 2. The standard InChI is InChI=1S/C27H42NO8/c1-7-28-12-24(13-36-14(2)29)9-8-18(33-4)26-16-10-15-17(32-3)11-25(30,19(16)20(15)34-5)27(31,23(26)28)22(35-6)21(24)26/h12,15-23,30-31H,7-11,13H2,1-6H3/q+1/t15-,16-,17+,18+,19-,20+,21-,22+,23-,24+,25-,26+,27+/m1/s1. The van der Waals surface area contributed by atoms with E-state index in [0.717, 1.165) is 19.3 Å². The number of carbonyl (C=O) groups excluding carboxylic acids is 1. The summed E-state index contributed by atoms with van der Waals surface area (Å²) >= 11 is 0. The highest BCUT2D eigenvalue weighted by atomic mass is 16.5. The topological polar surface area (TPSA) is 107 Å². The largest absolute Gasteiger partial charge is 0.465 e. The summed E-state index contributed by atoms with van der Waals surface area (Å²) in [5, 5.41) is 25.9. The molecule has 0 amide bonds. The number of rotatable bonds is 7. The van der Waals surface area contributed by atoms with E-state index in [2.05, 4.69) is 17.7 Å². The predicted molar refractivity (Wildman–Crippen MR) is 128 cm³/mol. The fourth-order valence-electron chi connectivity index (χ4n) is 11.0. The molecule has 0 aromatic rings. The van der Waals surface area contributed by atoms with E-state index in [4.69, 9.17) is 23.7 Å². The Kier molecular flexibility index (Phi) is 5.57. The van der Waals surface area contributed by atoms with Crippen molar-refractivity contribution in [2.75, 3.05) is 41.6 Å². The maximum absolute atomic E-state index is 13.1. The second-order valence-electron chi connectivity index (χ2n) is 12.2. The Morgan fingerprint density at radius 2 is 1.86 bits per heavy atom. The molecule has 7 bridgehead atoms. The zero-order chi connectivity index (χ0) is 25.8. The van der Waals surface area contributed by atoms with Gasteiger partial charge in [-0.05, 0) is 32.1 Å². The molecule has 5 fully saturated rings. The van der Waals surface area contributed by atoms with Crippen LogP contribution in [0.1, 0.15) is 39.5 Å². The van der Waals surface area contributed by atoms with Crippen LogP contribution in [0.15, 0.2) is 0 Å². The van der Waals surface area contributed by atoms with E-state index < -0.39 is 34.2 Å². The molecular weight excluding hydrogens is 466 g/mol. The van der Waals surface area contributed by atoms with Crippen LogP contribution in [0.5, 0.6) is 0 Å². The molecule has 5 saturated carbocycles. The zero-order valence-corrected chi connectivity index (χ0v) is 22.3. The molecular formula is C27H42NO8+. The van der Waals surface area contributed by atoms with Gasteiger partial charge in [0.25, 0.3) is 0 Å². The van der Waals surface area contributed by atoms with E-state index in [-0.39, 0.29) is 54.6 Å². The number of nitrogens with zero attached hydrogens (tertiary/aromatic N) is 1. The Morgan fingerprint density at radius 1 is 1.11 bits per heavy atom. The average Bonchev–Trinajstić information content (AvgIpc) is 3.28. The maximum Gasteiger partial charge on any atom is 0.302 e. The molecule has 2 N–H and O–H groups in total. The highest BCUT2D eigenvalue weighted by Crippen LogP contribution is 2.79. The van der Waals surface area contributed by atoms with Crippen molar-refractivity contribution in [3.8, 4) is 0 Å². The number of likely N-dealkylation sites (N-methyl/N-ethyl adjacent to an activating group) is 1. The van der Waals surface area contributed by atoms with Crippen LogP contribution in [0.2, 0.25) is 0 Å². The molecule has 0 saturated heterocycles. The summed E-state index contributed by atoms with van der Waals surface area (Å²) in [5.74, 6) is -0.642. The Morgan fingerprint density at radius 3 is 2.44 bits per heavy atom. The quantitative estimate of drug-likeness (QED) is 0.381. The number of carbonyl (C=O) groups is 1. The van der Waals surface area contributed by atoms with Crippen molar-refractivity contribution in [2.45, 2.75) is 81.2 Å². The second-order valence-corrected chi connectivity index (χ2v) is 12.2. The van der Waals surface area contributed by atoms with Crippen molar-refractivity contribution in [1.29, 1.82) is 0 Å². The third kappa shape index (κ3) is 2.49. The molecule has 0 aromatic heterocycles. The van der Waals surface area contributed by atoms with Gasteiger partial charge in [-0.25, -0.2) is 4.58 Å². The Bertz CT molecular complexity index is 973. The first-order chi connectivity index (χ1) is 17.2. The van der Waals surface area contributed by atoms with Crippen molar-refractivity contribution in [1.82, 2.24) is 0 Å². The normalized spacial score (nSPS) is 55.9. The molecule has 0 radical (unpaired) electrons. The first kappa shape index (κ1) is 25.2. The van der Waals surface area contributed by atoms with Gasteiger partial charge in [0, 0.05) is 59.5 Å². The fourth-order valence-corrected chi connectivity index (χ4v) is 11.0. The van der Waals surface area contributed by atoms with Gasteiger partial charge in [0.1, 0.15) is 31.1 Å². The molecule has 9 nitrogen and oxygen atoms in total. The summed E-state index contributed by atoms with van der Waals surface area (Å²) in [4.78, 5) is 12.0. The summed E-state index contributed by atoms with van der Waals surface area (Å²) in [6.45, 7) is 4.38. The minimum absolute atomic E-state index is 0.0257. The van der Waals surface area contributed by atoms with Crippen LogP contribution < -0.4 is 0 Å². The van der Waals surface area contributed by atoms with E-state index in [1.54, 1.807) is 28.4 Å². The van der Waals surface area contributed by atoms with Crippen LogP contribution in [0, 0.1) is 34.5 Å². The van der Waals surface area contributed by atoms with Crippen molar-refractivity contribution < 1.29 is 43.3 Å². The number of hydrogen-bond acceptors (Lipinski definition) is 8. The number of methoxy groups -OCH3 is 4. The third-order valence-electron chi connectivity index (χ3n) is 11.6. The molecule has 6 rings (SSSR count). The van der Waals surface area contributed by atoms with Crippen molar-refractivity contribution in [3.05, 3.63) is 0 Å². The van der Waals surface area contributed by atoms with Crippen LogP contribution >= 0.6 is 0 Å². The Hall–Kier alpha value is -1.10. The molecule has 1 spiro atoms. The molecule has 5 aliphatic carbocycles. The summed E-state index contributed by atoms with van der Waals surface area (Å²) in [6.07, 6.45) is 3.60. The summed E-state index contributed by atoms with van der Waals surface area (Å²) < 4.78 is 32.6. The van der Waals surface area contributed by atoms with E-state index >= 15 is 0 Å². The van der Waals surface area contributed by atoms with Crippen molar-refractivity contribution >= 4 is 12.2 Å². The molecule has 1 heterocycles. The van der Waals surface area contributed by atoms with Crippen LogP contribution in [-0.4, -0.2) is 110 Å². The first-order valence-electron chi connectivity index (χ1n) is 13.5. The Balaban J connectivity index is 1.66. The molecule has 0 unspecified atom stereocenters. The molecule has 6 aliphatic rings. The molecule has 0 aromatic carbocycles. The first-order valence-corrected chi connectivity index (χ1v) is 13.5. The van der Waals surface area contributed by atoms with Crippen molar-refractivity contribution in [3.63, 3.8) is 0 Å². The third-order valence-corrected chi connectivity index (χ3v) is 11.6. The van der Waals surface area contributed by atoms with Crippen LogP contribution in [-0.2, 0) is 28.5 Å². The monoisotopic (exact) mass is 508 g/mol. The van der Waals surface area contributed by atoms with Gasteiger partial charge in [0.15, 0.2) is 11.6 Å². The highest BCUT2D eigenvalue weighted by Gasteiger charge is 2.94. The minimum atomic E-state index is -1.60. The lowest BCUT2D eigenvalue weighted by atomic mass is 9.43. The second kappa shape index (κ2) is 7.96. The SMILES string of the molecule is CC[N+]1=C[C@]2(COC(C)=O)CC[C@H](OC)[C@]34[C@@H]5C[C@H]6[C@H](OC)[C@@H]5[C@](O)(C[C@@H]6OC)[C@@](O)([C@H]13)[C@@H](OC)[C@H]24. The maximum atomic E-state index is 13.1. The van der Waals surface area contributed by atoms with Gasteiger partial charge in [0.2, 0.25) is 0 Å². The molecule has 13 atom stereocenters. The van der Waals surface area contributed by atoms with Gasteiger partial charge in [-0.15, -0.1) is 0 Å². The zero-order valence-electron chi connectivity index (χ0n) is 22.3. The molecule has 1 aliphatic heterocycles. The number of fused-ring (bicyclic) bond motifs is 2. The highest BCUT2D eigenvalue weighted by molar-refractivity contribution is 5.69. The van der Waals surface area contributed by atoms with Crippen LogP contribution in [0.25, 0.3) is 0 Å². The van der Waals surface area contributed by atoms with Gasteiger partial charge in [0.05, 0.1) is 29.1 Å². The summed E-state index contributed by atoms with van der Waals surface area (Å²) in [6, 6.07) is -0.404. The van der Waals surface area contributed by atoms with E-state index in [1.807, 2.05) is 0 Å². The molecule has 36 heavy (non-hydrogen) atoms. The minimum Gasteiger partial charge on any atom is -0.465 e. The number of hydrogen-bond donors (Lipinski definition) is 2. The van der Waals surface area contributed by atoms with Gasteiger partial charge < -0.3 is 33.9 Å². The van der Waals surface area contributed by atoms with Crippen LogP contribution in [0.4, 0.5) is 0 Å². The van der Waals surface area contributed by atoms with E-state index in [0.29, 0.717) is 13.0 Å². The molecule has 202 valence electrons. The van der Waals surface area contributed by atoms with E-state index in [9.17, 15) is 15.0 Å². The molecule has 9 heteroatoms. The van der Waals surface area contributed by atoms with E-state index in [1.165, 1.54) is 6.92 Å². The summed E-state index contributed by atoms with van der Waals surface area (Å²) in [5.41, 5.74) is -4.12. The Labute approximate surface area is 213 Å². The van der Waals surface area contributed by atoms with Gasteiger partial charge in [-0.3, -0.25) is 4.79 Å². The number of ether oxygens (including phenoxy) is 5. The predicted octanol–water partition coefficient (Wildman–Crippen LogP) is 0.623. The average molecular weight is 509 g/mol. The lowest BCUT2D eigenvalue weighted by molar-refractivity contribution is -0.622. The van der Waals surface area contributed by atoms with Crippen molar-refractivity contribution in [2.24, 2.45) is 34.5 Å². The van der Waals surface area contributed by atoms with Crippen LogP contribution in [0.3, 0.4) is 0 Å². The summed E-state index contributed by atoms with van der Waals surface area (Å²) in [7, 11) is 6.79. The fraction of sp³-hybridized carbons (Fsp3) is 0.926. The number of esters is 1. The lowest BCUT2D eigenvalue weighted by Crippen LogP contribution is -2.80. The smallest absolute Gasteiger partial charge is 0.302 e. The van der Waals surface area contributed by atoms with Gasteiger partial charge in [-0.2, -0.15) is 0 Å².